The number of hydrogen-bond donors (Lipinski definition) is 2. The molecule has 1 saturated heterocycles. The third kappa shape index (κ3) is 4.57. The number of rotatable bonds is 7. The zero-order valence-electron chi connectivity index (χ0n) is 15.1. The number of anilines is 1. The summed E-state index contributed by atoms with van der Waals surface area (Å²) < 4.78 is 26.7. The predicted molar refractivity (Wildman–Crippen MR) is 102 cm³/mol. The van der Waals surface area contributed by atoms with Gasteiger partial charge in [-0.2, -0.15) is 4.31 Å². The third-order valence-electron chi connectivity index (χ3n) is 4.48. The Bertz CT molecular complexity index is 836. The van der Waals surface area contributed by atoms with Crippen molar-refractivity contribution in [1.29, 1.82) is 0 Å². The molecule has 1 atom stereocenters. The lowest BCUT2D eigenvalue weighted by atomic mass is 10.2. The molecule has 0 saturated carbocycles. The van der Waals surface area contributed by atoms with E-state index in [4.69, 9.17) is 0 Å². The lowest BCUT2D eigenvalue weighted by molar-refractivity contribution is 0.459. The summed E-state index contributed by atoms with van der Waals surface area (Å²) in [5.74, 6) is 1.40. The Labute approximate surface area is 154 Å². The molecule has 1 aromatic heterocycles. The first-order valence-electron chi connectivity index (χ1n) is 8.75. The van der Waals surface area contributed by atoms with Crippen LogP contribution in [0.4, 0.5) is 5.82 Å². The second kappa shape index (κ2) is 8.11. The van der Waals surface area contributed by atoms with Gasteiger partial charge in [0.05, 0.1) is 24.0 Å². The minimum atomic E-state index is -3.43. The second-order valence-corrected chi connectivity index (χ2v) is 8.58. The van der Waals surface area contributed by atoms with Gasteiger partial charge in [-0.05, 0) is 24.9 Å². The van der Waals surface area contributed by atoms with Crippen LogP contribution >= 0.6 is 0 Å². The molecule has 0 aliphatic carbocycles. The van der Waals surface area contributed by atoms with E-state index in [9.17, 15) is 8.42 Å². The molecule has 3 rings (SSSR count). The highest BCUT2D eigenvalue weighted by molar-refractivity contribution is 7.88. The van der Waals surface area contributed by atoms with E-state index in [0.717, 1.165) is 30.8 Å². The third-order valence-corrected chi connectivity index (χ3v) is 6.25. The molecule has 7 nitrogen and oxygen atoms in total. The van der Waals surface area contributed by atoms with E-state index in [-0.39, 0.29) is 18.3 Å². The van der Waals surface area contributed by atoms with Crippen LogP contribution in [0.25, 0.3) is 0 Å². The van der Waals surface area contributed by atoms with Crippen molar-refractivity contribution in [3.63, 3.8) is 0 Å². The second-order valence-electron chi connectivity index (χ2n) is 6.50. The Morgan fingerprint density at radius 3 is 2.69 bits per heavy atom. The van der Waals surface area contributed by atoms with Crippen LogP contribution in [-0.4, -0.2) is 43.3 Å². The molecule has 2 heterocycles. The molecule has 0 bridgehead atoms. The van der Waals surface area contributed by atoms with Gasteiger partial charge in [0, 0.05) is 20.2 Å². The largest absolute Gasteiger partial charge is 0.373 e. The van der Waals surface area contributed by atoms with E-state index in [2.05, 4.69) is 20.6 Å². The molecule has 2 aromatic rings. The molecule has 1 aliphatic rings. The summed E-state index contributed by atoms with van der Waals surface area (Å²) in [6, 6.07) is 11.1. The van der Waals surface area contributed by atoms with Crippen molar-refractivity contribution in [2.75, 3.05) is 26.0 Å². The van der Waals surface area contributed by atoms with Crippen molar-refractivity contribution in [3.05, 3.63) is 53.5 Å². The summed E-state index contributed by atoms with van der Waals surface area (Å²) in [4.78, 5) is 9.12. The molecule has 0 spiro atoms. The highest BCUT2D eigenvalue weighted by atomic mass is 32.2. The minimum absolute atomic E-state index is 0.0225. The monoisotopic (exact) mass is 375 g/mol. The normalized spacial score (nSPS) is 17.6. The number of aromatic nitrogens is 2. The summed E-state index contributed by atoms with van der Waals surface area (Å²) in [6.07, 6.45) is 2.09. The van der Waals surface area contributed by atoms with Crippen LogP contribution in [0.15, 0.2) is 36.4 Å². The van der Waals surface area contributed by atoms with Gasteiger partial charge in [-0.25, -0.2) is 18.4 Å². The van der Waals surface area contributed by atoms with E-state index in [1.807, 2.05) is 30.3 Å². The van der Waals surface area contributed by atoms with Crippen LogP contribution in [0.2, 0.25) is 0 Å². The number of sulfonamides is 1. The summed E-state index contributed by atoms with van der Waals surface area (Å²) in [6.45, 7) is 1.17. The molecular formula is C18H25N5O2S. The van der Waals surface area contributed by atoms with Gasteiger partial charge < -0.3 is 10.6 Å². The van der Waals surface area contributed by atoms with Crippen LogP contribution in [0, 0.1) is 0 Å². The molecule has 2 N–H and O–H groups in total. The van der Waals surface area contributed by atoms with Crippen LogP contribution < -0.4 is 10.6 Å². The van der Waals surface area contributed by atoms with Crippen LogP contribution in [0.5, 0.6) is 0 Å². The van der Waals surface area contributed by atoms with E-state index >= 15 is 0 Å². The Morgan fingerprint density at radius 1 is 1.27 bits per heavy atom. The van der Waals surface area contributed by atoms with Crippen molar-refractivity contribution < 1.29 is 8.42 Å². The van der Waals surface area contributed by atoms with Gasteiger partial charge in [0.15, 0.2) is 0 Å². The first-order valence-corrected chi connectivity index (χ1v) is 10.4. The Morgan fingerprint density at radius 2 is 2.04 bits per heavy atom. The summed E-state index contributed by atoms with van der Waals surface area (Å²) in [7, 11) is -0.0365. The molecule has 1 aliphatic heterocycles. The van der Waals surface area contributed by atoms with Crippen LogP contribution in [0.3, 0.4) is 0 Å². The van der Waals surface area contributed by atoms with E-state index in [1.165, 1.54) is 4.31 Å². The van der Waals surface area contributed by atoms with Gasteiger partial charge in [0.1, 0.15) is 11.6 Å². The quantitative estimate of drug-likeness (QED) is 0.769. The van der Waals surface area contributed by atoms with E-state index in [0.29, 0.717) is 11.5 Å². The van der Waals surface area contributed by atoms with E-state index in [1.54, 1.807) is 20.2 Å². The van der Waals surface area contributed by atoms with Gasteiger partial charge in [-0.15, -0.1) is 0 Å². The fourth-order valence-electron chi connectivity index (χ4n) is 3.01. The first kappa shape index (κ1) is 18.8. The highest BCUT2D eigenvalue weighted by Gasteiger charge is 2.23. The van der Waals surface area contributed by atoms with Crippen molar-refractivity contribution in [1.82, 2.24) is 19.6 Å². The number of hydrogen-bond acceptors (Lipinski definition) is 6. The average Bonchev–Trinajstić information content (AvgIpc) is 3.16. The van der Waals surface area contributed by atoms with Gasteiger partial charge in [0.25, 0.3) is 0 Å². The molecule has 1 aromatic carbocycles. The van der Waals surface area contributed by atoms with Crippen molar-refractivity contribution in [3.8, 4) is 0 Å². The highest BCUT2D eigenvalue weighted by Crippen LogP contribution is 2.22. The minimum Gasteiger partial charge on any atom is -0.373 e. The fourth-order valence-corrected chi connectivity index (χ4v) is 4.17. The fraction of sp³-hybridized carbons (Fsp3) is 0.444. The zero-order valence-corrected chi connectivity index (χ0v) is 16.0. The molecule has 0 radical (unpaired) electrons. The SMILES string of the molecule is CNc1cc(CN(C)S(=O)(=O)Cc2ccccc2)nc(C2CCCN2)n1. The van der Waals surface area contributed by atoms with Gasteiger partial charge in [-0.3, -0.25) is 0 Å². The number of benzene rings is 1. The average molecular weight is 375 g/mol. The Hall–Kier alpha value is -2.03. The maximum Gasteiger partial charge on any atom is 0.218 e. The van der Waals surface area contributed by atoms with Crippen LogP contribution in [-0.2, 0) is 22.3 Å². The van der Waals surface area contributed by atoms with Gasteiger partial charge >= 0.3 is 0 Å². The maximum absolute atomic E-state index is 12.7. The van der Waals surface area contributed by atoms with Crippen molar-refractivity contribution in [2.24, 2.45) is 0 Å². The molecule has 8 heteroatoms. The Balaban J connectivity index is 1.77. The summed E-state index contributed by atoms with van der Waals surface area (Å²) in [5.41, 5.74) is 1.46. The molecule has 26 heavy (non-hydrogen) atoms. The van der Waals surface area contributed by atoms with E-state index < -0.39 is 10.0 Å². The molecule has 140 valence electrons. The first-order chi connectivity index (χ1) is 12.5. The molecule has 0 amide bonds. The molecular weight excluding hydrogens is 350 g/mol. The molecule has 1 fully saturated rings. The van der Waals surface area contributed by atoms with Gasteiger partial charge in [-0.1, -0.05) is 30.3 Å². The predicted octanol–water partition coefficient (Wildman–Crippen LogP) is 1.90. The smallest absolute Gasteiger partial charge is 0.218 e. The lowest BCUT2D eigenvalue weighted by Gasteiger charge is -2.18. The summed E-state index contributed by atoms with van der Waals surface area (Å²) >= 11 is 0. The van der Waals surface area contributed by atoms with Crippen molar-refractivity contribution >= 4 is 15.8 Å². The topological polar surface area (TPSA) is 87.2 Å². The number of nitrogens with one attached hydrogen (secondary N) is 2. The zero-order chi connectivity index (χ0) is 18.6. The Kier molecular flexibility index (Phi) is 5.85. The van der Waals surface area contributed by atoms with Crippen molar-refractivity contribution in [2.45, 2.75) is 31.2 Å². The standard InChI is InChI=1S/C18H25N5O2S/c1-19-17-11-15(21-18(22-17)16-9-6-10-20-16)12-23(2)26(24,25)13-14-7-4-3-5-8-14/h3-5,7-8,11,16,20H,6,9-10,12-13H2,1-2H3,(H,19,21,22). The van der Waals surface area contributed by atoms with Crippen LogP contribution in [0.1, 0.15) is 36.0 Å². The summed E-state index contributed by atoms with van der Waals surface area (Å²) in [5, 5.41) is 6.42. The van der Waals surface area contributed by atoms with Gasteiger partial charge in [0.2, 0.25) is 10.0 Å². The number of nitrogens with zero attached hydrogens (tertiary/aromatic N) is 3. The lowest BCUT2D eigenvalue weighted by Crippen LogP contribution is -2.28. The molecule has 1 unspecified atom stereocenters. The maximum atomic E-state index is 12.7.